The van der Waals surface area contributed by atoms with Crippen LogP contribution in [0.2, 0.25) is 0 Å². The molecule has 2 aromatic carbocycles. The number of alkyl carbamates (subject to hydrolysis) is 1. The third-order valence-corrected chi connectivity index (χ3v) is 14.1. The highest BCUT2D eigenvalue weighted by Crippen LogP contribution is 2.51. The van der Waals surface area contributed by atoms with Crippen LogP contribution in [-0.4, -0.2) is 114 Å². The van der Waals surface area contributed by atoms with Gasteiger partial charge in [0.2, 0.25) is 0 Å². The Kier molecular flexibility index (Phi) is 9.66. The zero-order chi connectivity index (χ0) is 34.4. The van der Waals surface area contributed by atoms with E-state index in [1.165, 1.54) is 25.3 Å². The number of sulfone groups is 1. The quantitative estimate of drug-likeness (QED) is 0.362. The van der Waals surface area contributed by atoms with E-state index in [9.17, 15) is 17.6 Å². The molecule has 2 aromatic rings. The van der Waals surface area contributed by atoms with Gasteiger partial charge in [0, 0.05) is 37.6 Å². The Morgan fingerprint density at radius 3 is 2.37 bits per heavy atom. The Balaban J connectivity index is 1.05. The van der Waals surface area contributed by atoms with Crippen molar-refractivity contribution in [3.05, 3.63) is 59.7 Å². The number of alkyl halides is 1. The molecule has 1 saturated carbocycles. The monoisotopic (exact) mass is 703 g/mol. The first-order valence-corrected chi connectivity index (χ1v) is 19.3. The van der Waals surface area contributed by atoms with Gasteiger partial charge in [-0.05, 0) is 106 Å². The van der Waals surface area contributed by atoms with Crippen LogP contribution in [-0.2, 0) is 20.0 Å². The van der Waals surface area contributed by atoms with Crippen molar-refractivity contribution in [1.29, 1.82) is 0 Å². The molecule has 0 bridgehead atoms. The first-order chi connectivity index (χ1) is 23.5. The maximum absolute atomic E-state index is 16.1. The first-order valence-electron chi connectivity index (χ1n) is 17.7. The van der Waals surface area contributed by atoms with Crippen LogP contribution in [0.3, 0.4) is 0 Å². The summed E-state index contributed by atoms with van der Waals surface area (Å²) in [6.07, 6.45) is 5.04. The highest BCUT2D eigenvalue weighted by atomic mass is 32.2. The highest BCUT2D eigenvalue weighted by Gasteiger charge is 2.54. The fourth-order valence-electron chi connectivity index (χ4n) is 9.25. The van der Waals surface area contributed by atoms with Gasteiger partial charge in [0.1, 0.15) is 11.6 Å². The van der Waals surface area contributed by atoms with Crippen molar-refractivity contribution in [3.63, 3.8) is 0 Å². The van der Waals surface area contributed by atoms with E-state index in [1.807, 2.05) is 6.07 Å². The number of hydrogen-bond donors (Lipinski definition) is 2. The van der Waals surface area contributed by atoms with Gasteiger partial charge in [-0.1, -0.05) is 18.6 Å². The van der Waals surface area contributed by atoms with Crippen LogP contribution in [0.4, 0.5) is 23.7 Å². The molecule has 0 aromatic heterocycles. The van der Waals surface area contributed by atoms with Crippen molar-refractivity contribution in [2.75, 3.05) is 77.5 Å². The summed E-state index contributed by atoms with van der Waals surface area (Å²) in [5, 5.41) is 5.51. The average Bonchev–Trinajstić information content (AvgIpc) is 3.47. The fraction of sp³-hybridized carbons (Fsp3) is 0.639. The Morgan fingerprint density at radius 1 is 1.00 bits per heavy atom. The van der Waals surface area contributed by atoms with Gasteiger partial charge in [0.05, 0.1) is 36.0 Å². The molecule has 13 heteroatoms. The van der Waals surface area contributed by atoms with Crippen LogP contribution in [0.5, 0.6) is 0 Å². The van der Waals surface area contributed by atoms with E-state index in [-0.39, 0.29) is 53.9 Å². The molecule has 3 atom stereocenters. The molecule has 2 N–H and O–H groups in total. The van der Waals surface area contributed by atoms with Crippen LogP contribution in [0, 0.1) is 23.5 Å². The maximum Gasteiger partial charge on any atom is 0.407 e. The van der Waals surface area contributed by atoms with Gasteiger partial charge in [-0.15, -0.1) is 0 Å². The molecule has 4 heterocycles. The zero-order valence-electron chi connectivity index (χ0n) is 28.2. The lowest BCUT2D eigenvalue weighted by Gasteiger charge is -2.54. The van der Waals surface area contributed by atoms with Gasteiger partial charge in [0.15, 0.2) is 15.5 Å². The number of halogens is 3. The minimum atomic E-state index is -3.60. The average molecular weight is 704 g/mol. The molecule has 1 aliphatic carbocycles. The smallest absolute Gasteiger partial charge is 0.407 e. The Bertz CT molecular complexity index is 1630. The number of carbonyl (C=O) groups excluding carboxylic acids is 1. The third kappa shape index (κ3) is 6.68. The maximum atomic E-state index is 16.1. The molecule has 4 aliphatic heterocycles. The number of anilines is 1. The molecule has 49 heavy (non-hydrogen) atoms. The van der Waals surface area contributed by atoms with Crippen molar-refractivity contribution in [2.45, 2.75) is 65.8 Å². The number of nitrogens with zero attached hydrogens (tertiary/aromatic N) is 3. The summed E-state index contributed by atoms with van der Waals surface area (Å²) >= 11 is 0. The van der Waals surface area contributed by atoms with Crippen molar-refractivity contribution in [2.24, 2.45) is 11.8 Å². The second-order valence-corrected chi connectivity index (χ2v) is 17.2. The topological polar surface area (TPSA) is 94.2 Å². The van der Waals surface area contributed by atoms with Gasteiger partial charge in [-0.3, -0.25) is 4.90 Å². The molecular weight excluding hydrogens is 655 g/mol. The second-order valence-electron chi connectivity index (χ2n) is 15.0. The highest BCUT2D eigenvalue weighted by molar-refractivity contribution is 7.92. The number of carbonyl (C=O) groups is 1. The fourth-order valence-corrected chi connectivity index (χ4v) is 10.8. The van der Waals surface area contributed by atoms with Crippen molar-refractivity contribution < 1.29 is 31.1 Å². The van der Waals surface area contributed by atoms with Crippen molar-refractivity contribution in [3.8, 4) is 0 Å². The molecule has 1 amide bonds. The number of hydrogen-bond acceptors (Lipinski definition) is 8. The molecule has 0 spiro atoms. The lowest BCUT2D eigenvalue weighted by molar-refractivity contribution is 0.00575. The molecule has 0 radical (unpaired) electrons. The first kappa shape index (κ1) is 34.6. The number of nitrogens with one attached hydrogen (secondary N) is 2. The SMILES string of the molecule is COC(=O)N[C@H]1CCC[C@@H]1C(CN1CCC1)(c1cccc(F)c1)C1CCN(CC2(F)CN(c3ccc(S(=O)(=O)C4CNC4)cc3F)C2)CC1. The third-order valence-electron chi connectivity index (χ3n) is 12.0. The van der Waals surface area contributed by atoms with E-state index in [4.69, 9.17) is 4.74 Å². The van der Waals surface area contributed by atoms with Crippen LogP contribution in [0.15, 0.2) is 47.4 Å². The number of methoxy groups -OCH3 is 1. The number of likely N-dealkylation sites (tertiary alicyclic amines) is 2. The summed E-state index contributed by atoms with van der Waals surface area (Å²) in [6, 6.07) is 10.9. The van der Waals surface area contributed by atoms with E-state index in [0.717, 1.165) is 69.8 Å². The van der Waals surface area contributed by atoms with Crippen LogP contribution < -0.4 is 15.5 Å². The Hall–Kier alpha value is -2.87. The normalized spacial score (nSPS) is 26.3. The van der Waals surface area contributed by atoms with Crippen LogP contribution in [0.1, 0.15) is 44.1 Å². The summed E-state index contributed by atoms with van der Waals surface area (Å²) < 4.78 is 76.6. The molecular formula is C36H48F3N5O4S. The molecule has 4 saturated heterocycles. The Labute approximate surface area is 287 Å². The van der Waals surface area contributed by atoms with E-state index < -0.39 is 38.1 Å². The van der Waals surface area contributed by atoms with E-state index in [0.29, 0.717) is 26.2 Å². The summed E-state index contributed by atoms with van der Waals surface area (Å²) in [5.74, 6) is -0.626. The van der Waals surface area contributed by atoms with E-state index in [1.54, 1.807) is 17.0 Å². The van der Waals surface area contributed by atoms with Crippen molar-refractivity contribution >= 4 is 21.6 Å². The number of benzene rings is 2. The second kappa shape index (κ2) is 13.7. The number of rotatable bonds is 11. The number of ether oxygens (including phenoxy) is 1. The lowest BCUT2D eigenvalue weighted by Crippen LogP contribution is -2.65. The molecule has 268 valence electrons. The summed E-state index contributed by atoms with van der Waals surface area (Å²) in [5.41, 5.74) is -0.720. The summed E-state index contributed by atoms with van der Waals surface area (Å²) in [7, 11) is -2.22. The minimum Gasteiger partial charge on any atom is -0.453 e. The summed E-state index contributed by atoms with van der Waals surface area (Å²) in [6.45, 7) is 5.17. The summed E-state index contributed by atoms with van der Waals surface area (Å²) in [4.78, 5) is 18.6. The van der Waals surface area contributed by atoms with Gasteiger partial charge < -0.3 is 25.2 Å². The van der Waals surface area contributed by atoms with Gasteiger partial charge in [0.25, 0.3) is 0 Å². The predicted octanol–water partition coefficient (Wildman–Crippen LogP) is 4.12. The largest absolute Gasteiger partial charge is 0.453 e. The number of piperidine rings is 1. The molecule has 1 unspecified atom stereocenters. The Morgan fingerprint density at radius 2 is 1.76 bits per heavy atom. The standard InChI is InChI=1S/C36H48F3N5O4S/c1-48-34(45)41-32-8-3-7-30(32)36(24-42-13-4-14-42,26-5-2-6-27(37)17-26)25-11-15-43(16-12-25)21-35(39)22-44(23-35)33-10-9-28(18-31(33)38)49(46,47)29-19-40-20-29/h2,5-6,9-10,17-18,25,29-30,32,40H,3-4,7-8,11-16,19-24H2,1H3,(H,41,45)/t30-,32-,36?/m0/s1. The molecule has 9 nitrogen and oxygen atoms in total. The molecule has 5 aliphatic rings. The van der Waals surface area contributed by atoms with Gasteiger partial charge in [-0.2, -0.15) is 0 Å². The van der Waals surface area contributed by atoms with E-state index in [2.05, 4.69) is 20.4 Å². The lowest BCUT2D eigenvalue weighted by atomic mass is 9.57. The molecule has 5 fully saturated rings. The predicted molar refractivity (Wildman–Crippen MR) is 181 cm³/mol. The number of amides is 1. The molecule has 7 rings (SSSR count). The van der Waals surface area contributed by atoms with Crippen LogP contribution >= 0.6 is 0 Å². The van der Waals surface area contributed by atoms with Gasteiger partial charge in [-0.25, -0.2) is 26.4 Å². The minimum absolute atomic E-state index is 0.0353. The van der Waals surface area contributed by atoms with Crippen molar-refractivity contribution in [1.82, 2.24) is 20.4 Å². The zero-order valence-corrected chi connectivity index (χ0v) is 29.0. The van der Waals surface area contributed by atoms with Gasteiger partial charge >= 0.3 is 6.09 Å². The van der Waals surface area contributed by atoms with E-state index >= 15 is 8.78 Å². The van der Waals surface area contributed by atoms with Crippen LogP contribution in [0.25, 0.3) is 0 Å².